The number of ether oxygens (including phenoxy) is 1. The molecule has 0 spiro atoms. The van der Waals surface area contributed by atoms with Crippen molar-refractivity contribution in [3.63, 3.8) is 0 Å². The molecule has 0 radical (unpaired) electrons. The smallest absolute Gasteiger partial charge is 0.320 e. The maximum atomic E-state index is 12.6. The van der Waals surface area contributed by atoms with Crippen LogP contribution in [0.5, 0.6) is 0 Å². The standard InChI is InChI=1S/C16H30N4O3/c1-3-18(4-2)16(22)20-9-7-19(8-10-20)15(21)14(17)13-5-11-23-12-6-13/h13-14H,3-12,17H2,1-2H3. The van der Waals surface area contributed by atoms with E-state index < -0.39 is 6.04 Å². The molecule has 2 saturated heterocycles. The molecule has 0 aromatic carbocycles. The van der Waals surface area contributed by atoms with Crippen LogP contribution in [0.15, 0.2) is 0 Å². The molecule has 1 atom stereocenters. The quantitative estimate of drug-likeness (QED) is 0.808. The van der Waals surface area contributed by atoms with E-state index in [0.717, 1.165) is 12.8 Å². The lowest BCUT2D eigenvalue weighted by Gasteiger charge is -2.39. The third-order valence-corrected chi connectivity index (χ3v) is 4.95. The summed E-state index contributed by atoms with van der Waals surface area (Å²) in [6, 6.07) is -0.375. The van der Waals surface area contributed by atoms with Gasteiger partial charge in [-0.1, -0.05) is 0 Å². The van der Waals surface area contributed by atoms with Crippen LogP contribution in [0, 0.1) is 5.92 Å². The van der Waals surface area contributed by atoms with Crippen molar-refractivity contribution in [3.05, 3.63) is 0 Å². The Morgan fingerprint density at radius 3 is 2.13 bits per heavy atom. The largest absolute Gasteiger partial charge is 0.381 e. The number of urea groups is 1. The van der Waals surface area contributed by atoms with E-state index in [1.54, 1.807) is 0 Å². The van der Waals surface area contributed by atoms with Gasteiger partial charge in [0.1, 0.15) is 0 Å². The number of hydrogen-bond donors (Lipinski definition) is 1. The predicted octanol–water partition coefficient (Wildman–Crippen LogP) is 0.346. The average Bonchev–Trinajstić information content (AvgIpc) is 2.62. The Balaban J connectivity index is 1.83. The van der Waals surface area contributed by atoms with Gasteiger partial charge in [-0.25, -0.2) is 4.79 Å². The summed E-state index contributed by atoms with van der Waals surface area (Å²) < 4.78 is 5.33. The normalized spacial score (nSPS) is 21.2. The zero-order valence-corrected chi connectivity index (χ0v) is 14.4. The Kier molecular flexibility index (Phi) is 6.65. The highest BCUT2D eigenvalue weighted by Gasteiger charge is 2.32. The van der Waals surface area contributed by atoms with E-state index in [9.17, 15) is 9.59 Å². The first-order valence-electron chi connectivity index (χ1n) is 8.74. The van der Waals surface area contributed by atoms with Gasteiger partial charge in [0.15, 0.2) is 0 Å². The molecule has 0 aromatic heterocycles. The molecule has 132 valence electrons. The number of hydrogen-bond acceptors (Lipinski definition) is 4. The molecule has 0 bridgehead atoms. The fourth-order valence-corrected chi connectivity index (χ4v) is 3.30. The number of nitrogens with zero attached hydrogens (tertiary/aromatic N) is 3. The van der Waals surface area contributed by atoms with Crippen LogP contribution in [0.3, 0.4) is 0 Å². The highest BCUT2D eigenvalue weighted by atomic mass is 16.5. The number of amides is 3. The van der Waals surface area contributed by atoms with Gasteiger partial charge in [-0.05, 0) is 32.6 Å². The Morgan fingerprint density at radius 2 is 1.61 bits per heavy atom. The summed E-state index contributed by atoms with van der Waals surface area (Å²) in [5.74, 6) is 0.235. The average molecular weight is 326 g/mol. The number of nitrogens with two attached hydrogens (primary N) is 1. The maximum Gasteiger partial charge on any atom is 0.320 e. The van der Waals surface area contributed by atoms with Crippen molar-refractivity contribution in [1.82, 2.24) is 14.7 Å². The van der Waals surface area contributed by atoms with E-state index in [4.69, 9.17) is 10.5 Å². The molecule has 2 rings (SSSR count). The highest BCUT2D eigenvalue weighted by molar-refractivity contribution is 5.82. The molecule has 2 heterocycles. The van der Waals surface area contributed by atoms with Gasteiger partial charge < -0.3 is 25.2 Å². The minimum absolute atomic E-state index is 0.0202. The number of rotatable bonds is 4. The lowest BCUT2D eigenvalue weighted by atomic mass is 9.91. The van der Waals surface area contributed by atoms with E-state index in [2.05, 4.69) is 0 Å². The molecule has 2 aliphatic rings. The van der Waals surface area contributed by atoms with Gasteiger partial charge in [-0.3, -0.25) is 4.79 Å². The van der Waals surface area contributed by atoms with Crippen molar-refractivity contribution < 1.29 is 14.3 Å². The minimum Gasteiger partial charge on any atom is -0.381 e. The third kappa shape index (κ3) is 4.35. The molecule has 7 nitrogen and oxygen atoms in total. The SMILES string of the molecule is CCN(CC)C(=O)N1CCN(C(=O)C(N)C2CCOCC2)CC1. The Bertz CT molecular complexity index is 400. The zero-order valence-electron chi connectivity index (χ0n) is 14.4. The fraction of sp³-hybridized carbons (Fsp3) is 0.875. The topological polar surface area (TPSA) is 79.1 Å². The first-order valence-corrected chi connectivity index (χ1v) is 8.74. The highest BCUT2D eigenvalue weighted by Crippen LogP contribution is 2.19. The van der Waals surface area contributed by atoms with E-state index in [-0.39, 0.29) is 17.9 Å². The Labute approximate surface area is 138 Å². The molecule has 2 aliphatic heterocycles. The van der Waals surface area contributed by atoms with Crippen LogP contribution in [0.2, 0.25) is 0 Å². The zero-order chi connectivity index (χ0) is 16.8. The van der Waals surface area contributed by atoms with E-state index in [1.165, 1.54) is 0 Å². The van der Waals surface area contributed by atoms with Crippen LogP contribution in [0.4, 0.5) is 4.79 Å². The Hall–Kier alpha value is -1.34. The van der Waals surface area contributed by atoms with Crippen LogP contribution < -0.4 is 5.73 Å². The van der Waals surface area contributed by atoms with Crippen molar-refractivity contribution in [3.8, 4) is 0 Å². The van der Waals surface area contributed by atoms with Crippen molar-refractivity contribution in [1.29, 1.82) is 0 Å². The van der Waals surface area contributed by atoms with E-state index in [0.29, 0.717) is 52.5 Å². The van der Waals surface area contributed by atoms with Crippen LogP contribution in [0.25, 0.3) is 0 Å². The molecule has 2 N–H and O–H groups in total. The van der Waals surface area contributed by atoms with Gasteiger partial charge in [0.25, 0.3) is 0 Å². The van der Waals surface area contributed by atoms with Gasteiger partial charge in [-0.2, -0.15) is 0 Å². The summed E-state index contributed by atoms with van der Waals surface area (Å²) in [4.78, 5) is 30.3. The second kappa shape index (κ2) is 8.49. The van der Waals surface area contributed by atoms with Crippen LogP contribution in [0.1, 0.15) is 26.7 Å². The van der Waals surface area contributed by atoms with Gasteiger partial charge >= 0.3 is 6.03 Å². The number of carbonyl (C=O) groups is 2. The molecule has 0 aromatic rings. The second-order valence-corrected chi connectivity index (χ2v) is 6.24. The molecule has 0 aliphatic carbocycles. The number of piperazine rings is 1. The minimum atomic E-state index is -0.441. The molecule has 3 amide bonds. The molecule has 7 heteroatoms. The van der Waals surface area contributed by atoms with Crippen LogP contribution >= 0.6 is 0 Å². The summed E-state index contributed by atoms with van der Waals surface area (Å²) in [6.45, 7) is 9.08. The molecule has 0 saturated carbocycles. The van der Waals surface area contributed by atoms with Gasteiger partial charge in [0.2, 0.25) is 5.91 Å². The van der Waals surface area contributed by atoms with Crippen molar-refractivity contribution in [2.45, 2.75) is 32.7 Å². The molecular formula is C16H30N4O3. The first kappa shape index (κ1) is 18.0. The predicted molar refractivity (Wildman–Crippen MR) is 88.0 cm³/mol. The third-order valence-electron chi connectivity index (χ3n) is 4.95. The summed E-state index contributed by atoms with van der Waals surface area (Å²) in [7, 11) is 0. The van der Waals surface area contributed by atoms with Crippen LogP contribution in [-0.2, 0) is 9.53 Å². The van der Waals surface area contributed by atoms with Crippen molar-refractivity contribution in [2.24, 2.45) is 11.7 Å². The summed E-state index contributed by atoms with van der Waals surface area (Å²) in [5, 5.41) is 0. The lowest BCUT2D eigenvalue weighted by Crippen LogP contribution is -2.57. The first-order chi connectivity index (χ1) is 11.1. The lowest BCUT2D eigenvalue weighted by molar-refractivity contribution is -0.136. The summed E-state index contributed by atoms with van der Waals surface area (Å²) in [5.41, 5.74) is 6.17. The molecule has 1 unspecified atom stereocenters. The van der Waals surface area contributed by atoms with Gasteiger partial charge in [-0.15, -0.1) is 0 Å². The van der Waals surface area contributed by atoms with Crippen molar-refractivity contribution >= 4 is 11.9 Å². The molecular weight excluding hydrogens is 296 g/mol. The van der Waals surface area contributed by atoms with Gasteiger partial charge in [0.05, 0.1) is 6.04 Å². The van der Waals surface area contributed by atoms with E-state index >= 15 is 0 Å². The monoisotopic (exact) mass is 326 g/mol. The van der Waals surface area contributed by atoms with Crippen LogP contribution in [-0.4, -0.2) is 85.2 Å². The molecule has 23 heavy (non-hydrogen) atoms. The second-order valence-electron chi connectivity index (χ2n) is 6.24. The van der Waals surface area contributed by atoms with Gasteiger partial charge in [0, 0.05) is 52.5 Å². The summed E-state index contributed by atoms with van der Waals surface area (Å²) >= 11 is 0. The number of carbonyl (C=O) groups excluding carboxylic acids is 2. The maximum absolute atomic E-state index is 12.6. The summed E-state index contributed by atoms with van der Waals surface area (Å²) in [6.07, 6.45) is 1.71. The van der Waals surface area contributed by atoms with Crippen molar-refractivity contribution in [2.75, 3.05) is 52.5 Å². The molecule has 2 fully saturated rings. The fourth-order valence-electron chi connectivity index (χ4n) is 3.30. The Morgan fingerprint density at radius 1 is 1.09 bits per heavy atom. The van der Waals surface area contributed by atoms with E-state index in [1.807, 2.05) is 28.5 Å².